The van der Waals surface area contributed by atoms with Gasteiger partial charge in [0.1, 0.15) is 5.78 Å². The van der Waals surface area contributed by atoms with Gasteiger partial charge in [-0.3, -0.25) is 14.5 Å². The van der Waals surface area contributed by atoms with E-state index in [1.54, 1.807) is 24.8 Å². The summed E-state index contributed by atoms with van der Waals surface area (Å²) in [7, 11) is 0. The molecule has 0 fully saturated rings. The van der Waals surface area contributed by atoms with Crippen molar-refractivity contribution >= 4 is 29.0 Å². The fraction of sp³-hybridized carbons (Fsp3) is 0.400. The number of allylic oxidation sites excluding steroid dienone is 2. The Bertz CT molecular complexity index is 884. The van der Waals surface area contributed by atoms with Crippen LogP contribution in [0.25, 0.3) is 5.57 Å². The van der Waals surface area contributed by atoms with Gasteiger partial charge in [0.15, 0.2) is 0 Å². The van der Waals surface area contributed by atoms with Gasteiger partial charge in [0.2, 0.25) is 5.91 Å². The first-order valence-corrected chi connectivity index (χ1v) is 10.4. The molecule has 6 nitrogen and oxygen atoms in total. The summed E-state index contributed by atoms with van der Waals surface area (Å²) in [5, 5.41) is 0. The third kappa shape index (κ3) is 8.24. The van der Waals surface area contributed by atoms with Gasteiger partial charge in [-0.25, -0.2) is 4.79 Å². The van der Waals surface area contributed by atoms with Crippen molar-refractivity contribution in [2.75, 3.05) is 11.4 Å². The molecule has 0 saturated carbocycles. The zero-order valence-corrected chi connectivity index (χ0v) is 19.2. The third-order valence-corrected chi connectivity index (χ3v) is 4.69. The summed E-state index contributed by atoms with van der Waals surface area (Å²) in [5.41, 5.74) is 8.35. The maximum Gasteiger partial charge on any atom is 0.414 e. The lowest BCUT2D eigenvalue weighted by atomic mass is 10.00. The Hall–Kier alpha value is -3.15. The molecule has 0 spiro atoms. The number of anilines is 1. The summed E-state index contributed by atoms with van der Waals surface area (Å²) >= 11 is 0. The van der Waals surface area contributed by atoms with Crippen LogP contribution in [0.15, 0.2) is 49.1 Å². The topological polar surface area (TPSA) is 89.7 Å². The van der Waals surface area contributed by atoms with E-state index in [2.05, 4.69) is 13.2 Å². The number of ether oxygens (including phenoxy) is 1. The molecule has 1 aromatic carbocycles. The van der Waals surface area contributed by atoms with E-state index in [0.29, 0.717) is 30.6 Å². The van der Waals surface area contributed by atoms with Crippen LogP contribution in [0.2, 0.25) is 0 Å². The average molecular weight is 427 g/mol. The molecule has 2 N–H and O–H groups in total. The van der Waals surface area contributed by atoms with E-state index in [1.807, 2.05) is 39.0 Å². The van der Waals surface area contributed by atoms with Gasteiger partial charge in [-0.15, -0.1) is 0 Å². The number of benzene rings is 1. The third-order valence-electron chi connectivity index (χ3n) is 4.69. The van der Waals surface area contributed by atoms with Crippen LogP contribution in [0.5, 0.6) is 0 Å². The van der Waals surface area contributed by atoms with Gasteiger partial charge in [0.25, 0.3) is 0 Å². The molecule has 0 radical (unpaired) electrons. The maximum atomic E-state index is 12.9. The molecule has 0 aliphatic heterocycles. The second-order valence-electron chi connectivity index (χ2n) is 7.99. The van der Waals surface area contributed by atoms with E-state index in [9.17, 15) is 14.4 Å². The second-order valence-corrected chi connectivity index (χ2v) is 7.99. The molecule has 1 atom stereocenters. The van der Waals surface area contributed by atoms with Crippen LogP contribution in [-0.2, 0) is 14.3 Å². The number of ketones is 1. The highest BCUT2D eigenvalue weighted by molar-refractivity contribution is 5.95. The molecule has 0 aliphatic carbocycles. The molecule has 31 heavy (non-hydrogen) atoms. The highest BCUT2D eigenvalue weighted by Crippen LogP contribution is 2.28. The Morgan fingerprint density at radius 2 is 1.81 bits per heavy atom. The van der Waals surface area contributed by atoms with Crippen LogP contribution in [-0.4, -0.2) is 30.4 Å². The number of nitrogens with zero attached hydrogens (tertiary/aromatic N) is 1. The second kappa shape index (κ2) is 11.9. The van der Waals surface area contributed by atoms with Gasteiger partial charge in [-0.1, -0.05) is 45.2 Å². The van der Waals surface area contributed by atoms with Gasteiger partial charge in [-0.05, 0) is 55.5 Å². The molecule has 168 valence electrons. The largest absolute Gasteiger partial charge is 0.446 e. The zero-order valence-electron chi connectivity index (χ0n) is 19.2. The number of carbonyl (C=O) groups excluding carboxylic acids is 3. The number of rotatable bonds is 11. The molecule has 2 amide bonds. The molecule has 0 bridgehead atoms. The molecular weight excluding hydrogens is 392 g/mol. The summed E-state index contributed by atoms with van der Waals surface area (Å²) in [6, 6.07) is 5.63. The molecule has 1 rings (SSSR count). The van der Waals surface area contributed by atoms with Gasteiger partial charge >= 0.3 is 6.09 Å². The van der Waals surface area contributed by atoms with Crippen molar-refractivity contribution in [2.24, 2.45) is 11.7 Å². The highest BCUT2D eigenvalue weighted by atomic mass is 16.6. The van der Waals surface area contributed by atoms with Crippen LogP contribution in [0.4, 0.5) is 10.5 Å². The van der Waals surface area contributed by atoms with E-state index in [4.69, 9.17) is 10.5 Å². The zero-order chi connectivity index (χ0) is 23.7. The van der Waals surface area contributed by atoms with Crippen LogP contribution >= 0.6 is 0 Å². The standard InChI is InChI=1S/C25H34N2O4/c1-8-22(28)13-17(4)15-27(25(30)31-16(2)3)23-14-21(12-11-19(23)6)18(5)9-10-20(7)24(26)29/h9-12,14,16-17H,5,7-8,13,15H2,1-4,6H3,(H2,26,29)/b10-9-/t17-/m1/s1. The Labute approximate surface area is 185 Å². The number of amides is 2. The first kappa shape index (κ1) is 25.9. The summed E-state index contributed by atoms with van der Waals surface area (Å²) in [6.07, 6.45) is 3.29. The minimum atomic E-state index is -0.605. The van der Waals surface area contributed by atoms with E-state index in [1.165, 1.54) is 6.08 Å². The lowest BCUT2D eigenvalue weighted by Gasteiger charge is -2.28. The van der Waals surface area contributed by atoms with Crippen LogP contribution < -0.4 is 10.6 Å². The smallest absolute Gasteiger partial charge is 0.414 e. The lowest BCUT2D eigenvalue weighted by Crippen LogP contribution is -2.37. The first-order valence-electron chi connectivity index (χ1n) is 10.4. The van der Waals surface area contributed by atoms with Gasteiger partial charge in [-0.2, -0.15) is 0 Å². The van der Waals surface area contributed by atoms with Crippen molar-refractivity contribution in [1.82, 2.24) is 0 Å². The fourth-order valence-corrected chi connectivity index (χ4v) is 2.93. The van der Waals surface area contributed by atoms with Gasteiger partial charge in [0, 0.05) is 25.0 Å². The predicted molar refractivity (Wildman–Crippen MR) is 126 cm³/mol. The molecule has 0 heterocycles. The summed E-state index contributed by atoms with van der Waals surface area (Å²) < 4.78 is 5.46. The number of hydrogen-bond acceptors (Lipinski definition) is 4. The molecule has 0 unspecified atom stereocenters. The Morgan fingerprint density at radius 3 is 2.35 bits per heavy atom. The van der Waals surface area contributed by atoms with E-state index < -0.39 is 12.0 Å². The molecule has 0 aliphatic rings. The van der Waals surface area contributed by atoms with Gasteiger partial charge < -0.3 is 10.5 Å². The fourth-order valence-electron chi connectivity index (χ4n) is 2.93. The van der Waals surface area contributed by atoms with Crippen molar-refractivity contribution < 1.29 is 19.1 Å². The maximum absolute atomic E-state index is 12.9. The molecule has 0 saturated heterocycles. The van der Waals surface area contributed by atoms with Crippen molar-refractivity contribution in [3.8, 4) is 0 Å². The summed E-state index contributed by atoms with van der Waals surface area (Å²) in [5.74, 6) is -0.479. The molecule has 1 aromatic rings. The number of primary amides is 1. The number of Topliss-reactive ketones (excluding diaryl/α,β-unsaturated/α-hetero) is 1. The minimum absolute atomic E-state index is 0.0304. The average Bonchev–Trinajstić information content (AvgIpc) is 2.69. The van der Waals surface area contributed by atoms with Crippen molar-refractivity contribution in [3.63, 3.8) is 0 Å². The highest BCUT2D eigenvalue weighted by Gasteiger charge is 2.23. The number of carbonyl (C=O) groups is 3. The Morgan fingerprint density at radius 1 is 1.16 bits per heavy atom. The molecule has 0 aromatic heterocycles. The predicted octanol–water partition coefficient (Wildman–Crippen LogP) is 4.96. The SMILES string of the molecule is C=C(/C=C\C(=C)c1ccc(C)c(N(C[C@H](C)CC(=O)CC)C(=O)OC(C)C)c1)C(N)=O. The molecule has 6 heteroatoms. The lowest BCUT2D eigenvalue weighted by molar-refractivity contribution is -0.119. The number of aryl methyl sites for hydroxylation is 1. The minimum Gasteiger partial charge on any atom is -0.446 e. The van der Waals surface area contributed by atoms with E-state index in [0.717, 1.165) is 11.1 Å². The Kier molecular flexibility index (Phi) is 9.93. The van der Waals surface area contributed by atoms with Crippen molar-refractivity contribution in [3.05, 3.63) is 60.2 Å². The first-order chi connectivity index (χ1) is 14.5. The monoisotopic (exact) mass is 426 g/mol. The van der Waals surface area contributed by atoms with Crippen molar-refractivity contribution in [1.29, 1.82) is 0 Å². The summed E-state index contributed by atoms with van der Waals surface area (Å²) in [4.78, 5) is 37.5. The Balaban J connectivity index is 3.27. The van der Waals surface area contributed by atoms with Crippen LogP contribution in [0.1, 0.15) is 51.7 Å². The van der Waals surface area contributed by atoms with Crippen LogP contribution in [0.3, 0.4) is 0 Å². The molecular formula is C25H34N2O4. The van der Waals surface area contributed by atoms with E-state index >= 15 is 0 Å². The van der Waals surface area contributed by atoms with E-state index in [-0.39, 0.29) is 23.4 Å². The van der Waals surface area contributed by atoms with Gasteiger partial charge in [0.05, 0.1) is 11.8 Å². The normalized spacial score (nSPS) is 11.9. The summed E-state index contributed by atoms with van der Waals surface area (Å²) in [6.45, 7) is 17.2. The van der Waals surface area contributed by atoms with Crippen LogP contribution in [0, 0.1) is 12.8 Å². The quantitative estimate of drug-likeness (QED) is 0.400. The number of nitrogens with two attached hydrogens (primary N) is 1. The van der Waals surface area contributed by atoms with Crippen molar-refractivity contribution in [2.45, 2.75) is 53.6 Å². The number of hydrogen-bond donors (Lipinski definition) is 1.